The fourth-order valence-electron chi connectivity index (χ4n) is 11.2. The van der Waals surface area contributed by atoms with Crippen molar-refractivity contribution in [3.63, 3.8) is 0 Å². The second-order valence-corrected chi connectivity index (χ2v) is 20.8. The quantitative estimate of drug-likeness (QED) is 0.111. The molecule has 2 aromatic rings. The van der Waals surface area contributed by atoms with Crippen LogP contribution >= 0.6 is 0 Å². The number of likely N-dealkylation sites (N-methyl/N-ethyl adjacent to an activating group) is 1. The van der Waals surface area contributed by atoms with Crippen molar-refractivity contribution >= 4 is 30.9 Å². The molecule has 19 atom stereocenters. The lowest BCUT2D eigenvalue weighted by Crippen LogP contribution is -2.62. The van der Waals surface area contributed by atoms with E-state index in [1.54, 1.807) is 95.3 Å². The number of hydrogen-bond acceptors (Lipinski definition) is 18. The minimum absolute atomic E-state index is 0.0283. The summed E-state index contributed by atoms with van der Waals surface area (Å²) in [5.74, 6) is -5.39. The number of rotatable bonds is 16. The minimum atomic E-state index is -2.00. The van der Waals surface area contributed by atoms with Gasteiger partial charge in [0.1, 0.15) is 29.5 Å². The highest BCUT2D eigenvalue weighted by Gasteiger charge is 2.56. The predicted octanol–water partition coefficient (Wildman–Crippen LogP) is 6.32. The highest BCUT2D eigenvalue weighted by molar-refractivity contribution is 5.90. The van der Waals surface area contributed by atoms with E-state index in [4.69, 9.17) is 52.1 Å². The smallest absolute Gasteiger partial charge is 0.338 e. The average Bonchev–Trinajstić information content (AvgIpc) is 3.35. The van der Waals surface area contributed by atoms with E-state index in [0.717, 1.165) is 0 Å². The van der Waals surface area contributed by atoms with Crippen LogP contribution in [0, 0.1) is 23.7 Å². The van der Waals surface area contributed by atoms with E-state index in [-0.39, 0.29) is 37.9 Å². The third kappa shape index (κ3) is 13.2. The van der Waals surface area contributed by atoms with Gasteiger partial charge in [0.15, 0.2) is 24.8 Å². The van der Waals surface area contributed by atoms with Crippen molar-refractivity contribution in [1.82, 2.24) is 4.90 Å². The van der Waals surface area contributed by atoms with E-state index in [9.17, 15) is 29.1 Å². The van der Waals surface area contributed by atoms with Crippen LogP contribution < -0.4 is 0 Å². The Morgan fingerprint density at radius 2 is 1.26 bits per heavy atom. The number of carbonyl (C=O) groups is 5. The van der Waals surface area contributed by atoms with Crippen molar-refractivity contribution in [2.45, 2.75) is 185 Å². The van der Waals surface area contributed by atoms with Gasteiger partial charge in [-0.15, -0.1) is 0 Å². The summed E-state index contributed by atoms with van der Waals surface area (Å²) in [4.78, 5) is 68.7. The molecule has 0 spiro atoms. The van der Waals surface area contributed by atoms with Crippen LogP contribution in [0.2, 0.25) is 0 Å². The van der Waals surface area contributed by atoms with Gasteiger partial charge in [-0.2, -0.15) is 0 Å². The van der Waals surface area contributed by atoms with Crippen molar-refractivity contribution in [1.29, 1.82) is 0 Å². The first-order valence-corrected chi connectivity index (χ1v) is 25.0. The Hall–Kier alpha value is -4.53. The van der Waals surface area contributed by atoms with Gasteiger partial charge in [-0.05, 0) is 105 Å². The molecule has 0 bridgehead atoms. The molecule has 3 fully saturated rings. The highest BCUT2D eigenvalue weighted by Crippen LogP contribution is 2.44. The van der Waals surface area contributed by atoms with E-state index in [2.05, 4.69) is 0 Å². The Balaban J connectivity index is 1.67. The Kier molecular flexibility index (Phi) is 20.4. The maximum Gasteiger partial charge on any atom is 0.338 e. The monoisotopic (exact) mass is 1010 g/mol. The molecule has 18 heteroatoms. The SMILES string of the molecule is CC[C@H]1OC(=O)[C@H](C)[C@@H](OC2C[C@@](C)(OC)[C@@H](OC(=O)c3ccccc3)[C@H](C)O2)[C@H](C)[C@@H](OC2O[C@H](C)C[C@H](N(C)C)[C@H]2OC(=O)c2ccccc2)[C@@](C)(OC)C[C@@H](C)[C@H](OC=O)[C@H](C)[C@@H](OC=O)[C@]1(C)O. The summed E-state index contributed by atoms with van der Waals surface area (Å²) in [6, 6.07) is 16.8. The first kappa shape index (κ1) is 58.4. The van der Waals surface area contributed by atoms with Gasteiger partial charge < -0.3 is 62.1 Å². The van der Waals surface area contributed by atoms with Crippen molar-refractivity contribution in [2.24, 2.45) is 23.7 Å². The summed E-state index contributed by atoms with van der Waals surface area (Å²) >= 11 is 0. The highest BCUT2D eigenvalue weighted by atomic mass is 16.7. The summed E-state index contributed by atoms with van der Waals surface area (Å²) in [7, 11) is 6.78. The Labute approximate surface area is 424 Å². The van der Waals surface area contributed by atoms with E-state index in [1.807, 2.05) is 46.7 Å². The van der Waals surface area contributed by atoms with Crippen LogP contribution in [0.25, 0.3) is 0 Å². The van der Waals surface area contributed by atoms with Crippen molar-refractivity contribution in [3.8, 4) is 0 Å². The maximum atomic E-state index is 14.9. The molecule has 0 radical (unpaired) electrons. The van der Waals surface area contributed by atoms with Crippen molar-refractivity contribution < 1.29 is 81.2 Å². The Morgan fingerprint density at radius 1 is 0.722 bits per heavy atom. The fraction of sp³-hybridized carbons (Fsp3) is 0.685. The molecule has 18 nitrogen and oxygen atoms in total. The molecule has 3 aliphatic heterocycles. The maximum absolute atomic E-state index is 14.9. The number of nitrogens with zero attached hydrogens (tertiary/aromatic N) is 1. The number of cyclic esters (lactones) is 1. The van der Waals surface area contributed by atoms with Gasteiger partial charge in [0.05, 0.1) is 53.1 Å². The number of benzene rings is 2. The third-order valence-corrected chi connectivity index (χ3v) is 15.3. The zero-order chi connectivity index (χ0) is 53.3. The first-order valence-electron chi connectivity index (χ1n) is 25.0. The minimum Gasteiger partial charge on any atom is -0.464 e. The molecule has 0 amide bonds. The van der Waals surface area contributed by atoms with Gasteiger partial charge in [-0.1, -0.05) is 64.1 Å². The second-order valence-electron chi connectivity index (χ2n) is 20.8. The van der Waals surface area contributed by atoms with E-state index >= 15 is 0 Å². The number of carbonyl (C=O) groups excluding carboxylic acids is 5. The zero-order valence-electron chi connectivity index (χ0n) is 44.4. The summed E-state index contributed by atoms with van der Waals surface area (Å²) in [6.07, 6.45) is -10.5. The van der Waals surface area contributed by atoms with Crippen LogP contribution in [-0.4, -0.2) is 160 Å². The van der Waals surface area contributed by atoms with Crippen LogP contribution in [0.15, 0.2) is 60.7 Å². The van der Waals surface area contributed by atoms with Gasteiger partial charge in [0.2, 0.25) is 0 Å². The number of methoxy groups -OCH3 is 2. The molecule has 3 aliphatic rings. The molecule has 2 unspecified atom stereocenters. The van der Waals surface area contributed by atoms with Crippen molar-refractivity contribution in [2.75, 3.05) is 28.3 Å². The zero-order valence-corrected chi connectivity index (χ0v) is 44.4. The average molecular weight is 1010 g/mol. The molecular formula is C54H79NO17. The molecule has 5 rings (SSSR count). The standard InChI is InChI=1S/C54H79NO17/c1-15-40-54(10,61)46(65-30-57)33(4)42(64-29-56)31(2)27-52(8,62-13)45(72-51-44(39(55(11)12)26-32(3)66-51)70-49(59)37-22-18-16-19-23-37)34(5)43(35(6)48(58)68-40)69-41-28-53(9,63-14)47(36(7)67-41)71-50(60)38-24-20-17-21-25-38/h16-25,29-36,39-47,51,61H,15,26-28H2,1-14H3/t31-,32-,33+,34+,35-,36+,39+,40-,41?,42+,43+,44-,45-,46-,47+,51?,52+,53-,54-/m1/s1. The summed E-state index contributed by atoms with van der Waals surface area (Å²) in [5, 5.41) is 12.3. The van der Waals surface area contributed by atoms with E-state index < -0.39 is 120 Å². The second kappa shape index (κ2) is 25.1. The number of aliphatic hydroxyl groups is 1. The summed E-state index contributed by atoms with van der Waals surface area (Å²) in [6.45, 7) is 17.9. The first-order chi connectivity index (χ1) is 34.0. The molecule has 3 saturated heterocycles. The van der Waals surface area contributed by atoms with Crippen LogP contribution in [0.3, 0.4) is 0 Å². The van der Waals surface area contributed by atoms with Gasteiger partial charge in [0.25, 0.3) is 12.9 Å². The molecule has 0 saturated carbocycles. The summed E-state index contributed by atoms with van der Waals surface area (Å²) in [5.41, 5.74) is -3.87. The Bertz CT molecular complexity index is 2080. The summed E-state index contributed by atoms with van der Waals surface area (Å²) < 4.78 is 70.2. The molecule has 2 aromatic carbocycles. The third-order valence-electron chi connectivity index (χ3n) is 15.3. The molecule has 402 valence electrons. The van der Waals surface area contributed by atoms with Crippen LogP contribution in [-0.2, 0) is 66.5 Å². The van der Waals surface area contributed by atoms with Crippen molar-refractivity contribution in [3.05, 3.63) is 71.8 Å². The largest absolute Gasteiger partial charge is 0.464 e. The lowest BCUT2D eigenvalue weighted by atomic mass is 9.73. The van der Waals surface area contributed by atoms with Gasteiger partial charge in [0, 0.05) is 32.5 Å². The fourth-order valence-corrected chi connectivity index (χ4v) is 11.2. The molecule has 3 heterocycles. The molecule has 0 aliphatic carbocycles. The lowest BCUT2D eigenvalue weighted by molar-refractivity contribution is -0.319. The topological polar surface area (TPSA) is 210 Å². The molecule has 72 heavy (non-hydrogen) atoms. The van der Waals surface area contributed by atoms with Crippen LogP contribution in [0.4, 0.5) is 0 Å². The number of hydrogen-bond donors (Lipinski definition) is 1. The molecular weight excluding hydrogens is 935 g/mol. The number of ether oxygens (including phenoxy) is 11. The van der Waals surface area contributed by atoms with Crippen LogP contribution in [0.1, 0.15) is 116 Å². The van der Waals surface area contributed by atoms with Gasteiger partial charge in [-0.3, -0.25) is 14.4 Å². The molecule has 1 N–H and O–H groups in total. The van der Waals surface area contributed by atoms with E-state index in [0.29, 0.717) is 24.0 Å². The van der Waals surface area contributed by atoms with E-state index in [1.165, 1.54) is 21.1 Å². The predicted molar refractivity (Wildman–Crippen MR) is 261 cm³/mol. The van der Waals surface area contributed by atoms with Gasteiger partial charge >= 0.3 is 17.9 Å². The lowest BCUT2D eigenvalue weighted by Gasteiger charge is -2.51. The normalized spacial score (nSPS) is 39.1. The van der Waals surface area contributed by atoms with Crippen LogP contribution in [0.5, 0.6) is 0 Å². The molecule has 0 aromatic heterocycles. The van der Waals surface area contributed by atoms with Gasteiger partial charge in [-0.25, -0.2) is 9.59 Å². The Morgan fingerprint density at radius 3 is 1.79 bits per heavy atom. The number of esters is 3.